The van der Waals surface area contributed by atoms with Crippen LogP contribution in [-0.4, -0.2) is 20.7 Å². The summed E-state index contributed by atoms with van der Waals surface area (Å²) < 4.78 is 1.70. The quantitative estimate of drug-likeness (QED) is 0.891. The highest BCUT2D eigenvalue weighted by Crippen LogP contribution is 2.41. The summed E-state index contributed by atoms with van der Waals surface area (Å²) in [6.07, 6.45) is 1.16. The van der Waals surface area contributed by atoms with Gasteiger partial charge >= 0.3 is 5.97 Å². The summed E-state index contributed by atoms with van der Waals surface area (Å²) in [4.78, 5) is 11.4. The molecule has 4 heteroatoms. The van der Waals surface area contributed by atoms with E-state index in [4.69, 9.17) is 0 Å². The zero-order valence-electron chi connectivity index (χ0n) is 12.2. The van der Waals surface area contributed by atoms with Crippen LogP contribution in [0.1, 0.15) is 44.5 Å². The molecular weight excluding hydrogens is 266 g/mol. The summed E-state index contributed by atoms with van der Waals surface area (Å²) in [6, 6.07) is 7.68. The van der Waals surface area contributed by atoms with Gasteiger partial charge in [-0.2, -0.15) is 0 Å². The van der Waals surface area contributed by atoms with Crippen LogP contribution < -0.4 is 0 Å². The van der Waals surface area contributed by atoms with Crippen LogP contribution in [0.2, 0.25) is 0 Å². The molecule has 1 unspecified atom stereocenters. The van der Waals surface area contributed by atoms with Gasteiger partial charge in [-0.15, -0.1) is 0 Å². The molecule has 0 amide bonds. The molecule has 0 radical (unpaired) electrons. The number of benzene rings is 1. The summed E-state index contributed by atoms with van der Waals surface area (Å²) in [7, 11) is 1.76. The van der Waals surface area contributed by atoms with Crippen molar-refractivity contribution in [1.82, 2.24) is 4.57 Å². The van der Waals surface area contributed by atoms with Crippen LogP contribution in [0.3, 0.4) is 0 Å². The minimum Gasteiger partial charge on any atom is -0.477 e. The van der Waals surface area contributed by atoms with Gasteiger partial charge in [-0.25, -0.2) is 4.79 Å². The fraction of sp³-hybridized carbons (Fsp3) is 0.235. The Morgan fingerprint density at radius 1 is 1.24 bits per heavy atom. The molecule has 1 heterocycles. The third kappa shape index (κ3) is 1.83. The van der Waals surface area contributed by atoms with E-state index in [0.717, 1.165) is 33.5 Å². The van der Waals surface area contributed by atoms with E-state index >= 15 is 0 Å². The minimum absolute atomic E-state index is 0.294. The SMILES string of the molecule is Cc1c(C2=CC(O)c3ccccc32)c(C)n(C)c1C(=O)O. The number of aliphatic hydroxyl groups is 1. The Balaban J connectivity index is 2.27. The number of aromatic carboxylic acids is 1. The molecule has 0 aliphatic heterocycles. The number of rotatable bonds is 2. The maximum absolute atomic E-state index is 11.4. The smallest absolute Gasteiger partial charge is 0.352 e. The van der Waals surface area contributed by atoms with Crippen molar-refractivity contribution >= 4 is 11.5 Å². The van der Waals surface area contributed by atoms with Crippen molar-refractivity contribution < 1.29 is 15.0 Å². The first-order chi connectivity index (χ1) is 9.93. The zero-order valence-corrected chi connectivity index (χ0v) is 12.2. The first-order valence-corrected chi connectivity index (χ1v) is 6.82. The molecular formula is C17H17NO3. The number of nitrogens with zero attached hydrogens (tertiary/aromatic N) is 1. The molecule has 21 heavy (non-hydrogen) atoms. The Kier molecular flexibility index (Phi) is 2.99. The summed E-state index contributed by atoms with van der Waals surface area (Å²) >= 11 is 0. The molecule has 4 nitrogen and oxygen atoms in total. The standard InChI is InChI=1S/C17H17NO3/c1-9-15(10(2)18(3)16(9)17(20)21)13-8-14(19)12-7-5-4-6-11(12)13/h4-8,14,19H,1-3H3,(H,20,21). The van der Waals surface area contributed by atoms with Crippen molar-refractivity contribution in [2.75, 3.05) is 0 Å². The molecule has 3 rings (SSSR count). The lowest BCUT2D eigenvalue weighted by molar-refractivity contribution is 0.0685. The number of hydrogen-bond donors (Lipinski definition) is 2. The minimum atomic E-state index is -0.934. The number of carboxylic acid groups (broad SMARTS) is 1. The monoisotopic (exact) mass is 283 g/mol. The van der Waals surface area contributed by atoms with Crippen molar-refractivity contribution in [3.63, 3.8) is 0 Å². The van der Waals surface area contributed by atoms with Gasteiger partial charge in [0.15, 0.2) is 0 Å². The fourth-order valence-corrected chi connectivity index (χ4v) is 3.23. The first-order valence-electron chi connectivity index (χ1n) is 6.82. The van der Waals surface area contributed by atoms with Crippen LogP contribution in [0.15, 0.2) is 30.3 Å². The second kappa shape index (κ2) is 4.60. The average molecular weight is 283 g/mol. The largest absolute Gasteiger partial charge is 0.477 e. The van der Waals surface area contributed by atoms with Crippen LogP contribution in [-0.2, 0) is 7.05 Å². The molecule has 0 bridgehead atoms. The Morgan fingerprint density at radius 3 is 2.52 bits per heavy atom. The number of carboxylic acids is 1. The maximum Gasteiger partial charge on any atom is 0.352 e. The van der Waals surface area contributed by atoms with Crippen LogP contribution >= 0.6 is 0 Å². The molecule has 108 valence electrons. The van der Waals surface area contributed by atoms with Crippen LogP contribution in [0.5, 0.6) is 0 Å². The maximum atomic E-state index is 11.4. The summed E-state index contributed by atoms with van der Waals surface area (Å²) in [5.74, 6) is -0.934. The van der Waals surface area contributed by atoms with Crippen LogP contribution in [0, 0.1) is 13.8 Å². The molecule has 0 saturated heterocycles. The van der Waals surface area contributed by atoms with Gasteiger partial charge < -0.3 is 14.8 Å². The number of carbonyl (C=O) groups is 1. The van der Waals surface area contributed by atoms with E-state index in [1.165, 1.54) is 0 Å². The van der Waals surface area contributed by atoms with Gasteiger partial charge in [-0.05, 0) is 42.2 Å². The lowest BCUT2D eigenvalue weighted by atomic mass is 9.96. The molecule has 1 aliphatic carbocycles. The van der Waals surface area contributed by atoms with E-state index in [9.17, 15) is 15.0 Å². The van der Waals surface area contributed by atoms with Gasteiger partial charge in [0.2, 0.25) is 0 Å². The van der Waals surface area contributed by atoms with E-state index < -0.39 is 12.1 Å². The Hall–Kier alpha value is -2.33. The number of hydrogen-bond acceptors (Lipinski definition) is 2. The molecule has 1 aliphatic rings. The van der Waals surface area contributed by atoms with E-state index in [1.54, 1.807) is 17.7 Å². The summed E-state index contributed by atoms with van der Waals surface area (Å²) in [5.41, 5.74) is 5.57. The van der Waals surface area contributed by atoms with Crippen molar-refractivity contribution in [2.45, 2.75) is 20.0 Å². The zero-order chi connectivity index (χ0) is 15.3. The van der Waals surface area contributed by atoms with E-state index in [1.807, 2.05) is 38.1 Å². The Morgan fingerprint density at radius 2 is 1.90 bits per heavy atom. The Labute approximate surface area is 123 Å². The van der Waals surface area contributed by atoms with Gasteiger partial charge in [-0.3, -0.25) is 0 Å². The summed E-state index contributed by atoms with van der Waals surface area (Å²) in [5, 5.41) is 19.6. The molecule has 1 aromatic heterocycles. The van der Waals surface area contributed by atoms with E-state index in [-0.39, 0.29) is 0 Å². The van der Waals surface area contributed by atoms with Crippen molar-refractivity contribution in [2.24, 2.45) is 7.05 Å². The molecule has 0 fully saturated rings. The number of aliphatic hydroxyl groups excluding tert-OH is 1. The van der Waals surface area contributed by atoms with Crippen molar-refractivity contribution in [1.29, 1.82) is 0 Å². The molecule has 2 aromatic rings. The highest BCUT2D eigenvalue weighted by molar-refractivity contribution is 5.94. The van der Waals surface area contributed by atoms with Gasteiger partial charge in [0.1, 0.15) is 5.69 Å². The predicted octanol–water partition coefficient (Wildman–Crippen LogP) is 2.82. The molecule has 0 saturated carbocycles. The molecule has 0 spiro atoms. The second-order valence-electron chi connectivity index (χ2n) is 5.41. The second-order valence-corrected chi connectivity index (χ2v) is 5.41. The van der Waals surface area contributed by atoms with Gasteiger partial charge in [0.25, 0.3) is 0 Å². The van der Waals surface area contributed by atoms with E-state index in [2.05, 4.69) is 0 Å². The van der Waals surface area contributed by atoms with E-state index in [0.29, 0.717) is 5.69 Å². The lowest BCUT2D eigenvalue weighted by Crippen LogP contribution is -2.06. The molecule has 1 aromatic carbocycles. The highest BCUT2D eigenvalue weighted by atomic mass is 16.4. The predicted molar refractivity (Wildman–Crippen MR) is 80.3 cm³/mol. The third-order valence-corrected chi connectivity index (χ3v) is 4.30. The van der Waals surface area contributed by atoms with Crippen molar-refractivity contribution in [3.05, 3.63) is 64.0 Å². The number of aromatic nitrogens is 1. The van der Waals surface area contributed by atoms with Crippen LogP contribution in [0.25, 0.3) is 5.57 Å². The lowest BCUT2D eigenvalue weighted by Gasteiger charge is -2.07. The highest BCUT2D eigenvalue weighted by Gasteiger charge is 2.28. The third-order valence-electron chi connectivity index (χ3n) is 4.30. The van der Waals surface area contributed by atoms with Crippen molar-refractivity contribution in [3.8, 4) is 0 Å². The summed E-state index contributed by atoms with van der Waals surface area (Å²) in [6.45, 7) is 3.73. The van der Waals surface area contributed by atoms with Crippen LogP contribution in [0.4, 0.5) is 0 Å². The fourth-order valence-electron chi connectivity index (χ4n) is 3.23. The normalized spacial score (nSPS) is 16.8. The molecule has 2 N–H and O–H groups in total. The van der Waals surface area contributed by atoms with Gasteiger partial charge in [0.05, 0.1) is 6.10 Å². The van der Waals surface area contributed by atoms with Gasteiger partial charge in [-0.1, -0.05) is 24.3 Å². The first kappa shape index (κ1) is 13.6. The van der Waals surface area contributed by atoms with Gasteiger partial charge in [0, 0.05) is 18.3 Å². The number of fused-ring (bicyclic) bond motifs is 1. The average Bonchev–Trinajstić information content (AvgIpc) is 2.87. The topological polar surface area (TPSA) is 62.5 Å². The Bertz CT molecular complexity index is 784. The molecule has 1 atom stereocenters.